The van der Waals surface area contributed by atoms with Gasteiger partial charge in [0.1, 0.15) is 6.67 Å². The minimum Gasteiger partial charge on any atom is -0.378 e. The fourth-order valence-electron chi connectivity index (χ4n) is 4.45. The lowest BCUT2D eigenvalue weighted by molar-refractivity contribution is -0.0712. The summed E-state index contributed by atoms with van der Waals surface area (Å²) in [5, 5.41) is 9.11. The molecule has 0 saturated carbocycles. The van der Waals surface area contributed by atoms with Gasteiger partial charge in [0.15, 0.2) is 0 Å². The summed E-state index contributed by atoms with van der Waals surface area (Å²) in [5.41, 5.74) is 3.65. The number of fused-ring (bicyclic) bond motifs is 1. The molecule has 2 saturated heterocycles. The van der Waals surface area contributed by atoms with Crippen LogP contribution in [0.5, 0.6) is 0 Å². The second-order valence-electron chi connectivity index (χ2n) is 8.31. The number of nitrogens with one attached hydrogen (secondary N) is 1. The van der Waals surface area contributed by atoms with E-state index in [-0.39, 0.29) is 6.54 Å². The highest BCUT2D eigenvalue weighted by molar-refractivity contribution is 6.32. The zero-order valence-corrected chi connectivity index (χ0v) is 18.3. The Labute approximate surface area is 185 Å². The van der Waals surface area contributed by atoms with E-state index in [1.165, 1.54) is 0 Å². The molecule has 2 aliphatic rings. The molecule has 0 amide bonds. The molecule has 7 nitrogen and oxygen atoms in total. The molecule has 2 aliphatic heterocycles. The van der Waals surface area contributed by atoms with Gasteiger partial charge in [-0.3, -0.25) is 9.58 Å². The summed E-state index contributed by atoms with van der Waals surface area (Å²) in [4.78, 5) is 11.7. The van der Waals surface area contributed by atoms with Crippen LogP contribution in [0, 0.1) is 6.92 Å². The Morgan fingerprint density at radius 2 is 2.03 bits per heavy atom. The summed E-state index contributed by atoms with van der Waals surface area (Å²) < 4.78 is 19.6. The highest BCUT2D eigenvalue weighted by Gasteiger charge is 2.30. The van der Waals surface area contributed by atoms with Crippen LogP contribution >= 0.6 is 11.6 Å². The molecule has 0 radical (unpaired) electrons. The van der Waals surface area contributed by atoms with Crippen molar-refractivity contribution in [1.29, 1.82) is 0 Å². The molecule has 9 heteroatoms. The average Bonchev–Trinajstić information content (AvgIpc) is 3.07. The second kappa shape index (κ2) is 8.68. The first-order chi connectivity index (χ1) is 15.1. The number of aryl methyl sites for hydroxylation is 1. The van der Waals surface area contributed by atoms with E-state index >= 15 is 0 Å². The van der Waals surface area contributed by atoms with Crippen LogP contribution in [0.2, 0.25) is 5.02 Å². The Morgan fingerprint density at radius 3 is 2.74 bits per heavy atom. The van der Waals surface area contributed by atoms with Gasteiger partial charge in [-0.1, -0.05) is 11.6 Å². The number of alkyl halides is 1. The van der Waals surface area contributed by atoms with Crippen molar-refractivity contribution in [2.24, 2.45) is 0 Å². The quantitative estimate of drug-likeness (QED) is 0.618. The summed E-state index contributed by atoms with van der Waals surface area (Å²) in [6.07, 6.45) is 5.63. The number of hydrogen-bond donors (Lipinski definition) is 1. The number of anilines is 2. The molecule has 0 unspecified atom stereocenters. The highest BCUT2D eigenvalue weighted by atomic mass is 35.5. The van der Waals surface area contributed by atoms with Gasteiger partial charge >= 0.3 is 0 Å². The third kappa shape index (κ3) is 4.12. The third-order valence-electron chi connectivity index (χ3n) is 6.45. The molecule has 1 aromatic carbocycles. The van der Waals surface area contributed by atoms with Crippen LogP contribution in [0.4, 0.5) is 16.0 Å². The first-order valence-corrected chi connectivity index (χ1v) is 11.1. The second-order valence-corrected chi connectivity index (χ2v) is 8.72. The molecule has 31 heavy (non-hydrogen) atoms. The summed E-state index contributed by atoms with van der Waals surface area (Å²) in [6.45, 7) is 5.55. The maximum Gasteiger partial charge on any atom is 0.227 e. The van der Waals surface area contributed by atoms with Crippen LogP contribution in [-0.2, 0) is 11.3 Å². The lowest BCUT2D eigenvalue weighted by Gasteiger charge is -2.41. The smallest absolute Gasteiger partial charge is 0.227 e. The van der Waals surface area contributed by atoms with E-state index in [0.29, 0.717) is 17.9 Å². The van der Waals surface area contributed by atoms with E-state index in [9.17, 15) is 4.39 Å². The maximum absolute atomic E-state index is 12.7. The Bertz CT molecular complexity index is 1080. The first-order valence-electron chi connectivity index (χ1n) is 10.8. The van der Waals surface area contributed by atoms with Gasteiger partial charge in [0.2, 0.25) is 5.95 Å². The van der Waals surface area contributed by atoms with Gasteiger partial charge in [0.05, 0.1) is 48.9 Å². The van der Waals surface area contributed by atoms with Gasteiger partial charge in [-0.25, -0.2) is 14.4 Å². The molecule has 2 aromatic heterocycles. The Balaban J connectivity index is 1.35. The van der Waals surface area contributed by atoms with Crippen LogP contribution in [0.3, 0.4) is 0 Å². The predicted molar refractivity (Wildman–Crippen MR) is 119 cm³/mol. The number of likely N-dealkylation sites (tertiary alicyclic amines) is 1. The summed E-state index contributed by atoms with van der Waals surface area (Å²) >= 11 is 6.65. The van der Waals surface area contributed by atoms with E-state index in [2.05, 4.69) is 26.4 Å². The van der Waals surface area contributed by atoms with Crippen molar-refractivity contribution in [1.82, 2.24) is 24.6 Å². The van der Waals surface area contributed by atoms with E-state index in [4.69, 9.17) is 21.3 Å². The van der Waals surface area contributed by atoms with Crippen molar-refractivity contribution in [3.8, 4) is 0 Å². The van der Waals surface area contributed by atoms with Gasteiger partial charge in [-0.05, 0) is 56.5 Å². The topological polar surface area (TPSA) is 68.1 Å². The molecule has 5 rings (SSSR count). The molecular formula is C22H26ClFN6O. The zero-order valence-electron chi connectivity index (χ0n) is 17.5. The summed E-state index contributed by atoms with van der Waals surface area (Å²) in [7, 11) is 0. The Morgan fingerprint density at radius 1 is 1.23 bits per heavy atom. The lowest BCUT2D eigenvalue weighted by Crippen LogP contribution is -2.51. The normalized spacial score (nSPS) is 18.4. The van der Waals surface area contributed by atoms with Gasteiger partial charge in [-0.15, -0.1) is 0 Å². The predicted octanol–water partition coefficient (Wildman–Crippen LogP) is 4.08. The Hall–Kier alpha value is -2.29. The first kappa shape index (κ1) is 20.6. The van der Waals surface area contributed by atoms with Crippen molar-refractivity contribution in [2.75, 3.05) is 38.3 Å². The standard InChI is InChI=1S/C22H26ClFN6O/c1-14-21(11-26-30(14)7-4-24)28-22-25-10-16-8-19(23)18(9-20(16)27-22)15-2-5-29(6-3-15)17-12-31-13-17/h8-11,15,17H,2-7,12-13H2,1H3,(H,25,27,28). The van der Waals surface area contributed by atoms with Crippen molar-refractivity contribution >= 4 is 34.1 Å². The molecular weight excluding hydrogens is 419 g/mol. The van der Waals surface area contributed by atoms with Crippen LogP contribution in [-0.4, -0.2) is 63.7 Å². The van der Waals surface area contributed by atoms with E-state index in [0.717, 1.165) is 72.0 Å². The Kier molecular flexibility index (Phi) is 5.77. The molecule has 0 atom stereocenters. The van der Waals surface area contributed by atoms with Crippen LogP contribution < -0.4 is 5.32 Å². The number of aromatic nitrogens is 4. The van der Waals surface area contributed by atoms with Crippen molar-refractivity contribution in [3.63, 3.8) is 0 Å². The number of hydrogen-bond acceptors (Lipinski definition) is 6. The maximum atomic E-state index is 12.7. The molecule has 0 aliphatic carbocycles. The number of ether oxygens (including phenoxy) is 1. The van der Waals surface area contributed by atoms with Gasteiger partial charge in [0, 0.05) is 16.6 Å². The number of halogens is 2. The average molecular weight is 445 g/mol. The van der Waals surface area contributed by atoms with Crippen LogP contribution in [0.1, 0.15) is 30.0 Å². The SMILES string of the molecule is Cc1c(Nc2ncc3cc(Cl)c(C4CCN(C5COC5)CC4)cc3n2)cnn1CCF. The largest absolute Gasteiger partial charge is 0.378 e. The monoisotopic (exact) mass is 444 g/mol. The summed E-state index contributed by atoms with van der Waals surface area (Å²) in [5.74, 6) is 0.921. The van der Waals surface area contributed by atoms with Gasteiger partial charge in [0.25, 0.3) is 0 Å². The van der Waals surface area contributed by atoms with Crippen molar-refractivity contribution in [2.45, 2.75) is 38.3 Å². The van der Waals surface area contributed by atoms with E-state index < -0.39 is 6.67 Å². The third-order valence-corrected chi connectivity index (χ3v) is 6.78. The van der Waals surface area contributed by atoms with Gasteiger partial charge in [-0.2, -0.15) is 5.10 Å². The molecule has 4 heterocycles. The number of nitrogens with zero attached hydrogens (tertiary/aromatic N) is 5. The zero-order chi connectivity index (χ0) is 21.4. The fraction of sp³-hybridized carbons (Fsp3) is 0.500. The van der Waals surface area contributed by atoms with Crippen LogP contribution in [0.25, 0.3) is 10.9 Å². The number of piperidine rings is 1. The van der Waals surface area contributed by atoms with Gasteiger partial charge < -0.3 is 10.1 Å². The molecule has 2 fully saturated rings. The number of benzene rings is 1. The molecule has 0 bridgehead atoms. The summed E-state index contributed by atoms with van der Waals surface area (Å²) in [6, 6.07) is 4.66. The molecule has 3 aromatic rings. The van der Waals surface area contributed by atoms with Crippen molar-refractivity contribution in [3.05, 3.63) is 40.8 Å². The molecule has 0 spiro atoms. The van der Waals surface area contributed by atoms with Crippen LogP contribution in [0.15, 0.2) is 24.5 Å². The minimum atomic E-state index is -0.453. The number of rotatable bonds is 6. The van der Waals surface area contributed by atoms with E-state index in [1.807, 2.05) is 13.0 Å². The molecule has 1 N–H and O–H groups in total. The fourth-order valence-corrected chi connectivity index (χ4v) is 4.77. The van der Waals surface area contributed by atoms with E-state index in [1.54, 1.807) is 17.1 Å². The minimum absolute atomic E-state index is 0.237. The lowest BCUT2D eigenvalue weighted by atomic mass is 9.88. The van der Waals surface area contributed by atoms with Crippen molar-refractivity contribution < 1.29 is 9.13 Å². The molecule has 164 valence electrons. The highest BCUT2D eigenvalue weighted by Crippen LogP contribution is 2.36.